The van der Waals surface area contributed by atoms with Crippen LogP contribution in [0.1, 0.15) is 21.8 Å². The van der Waals surface area contributed by atoms with Crippen molar-refractivity contribution < 1.29 is 4.79 Å². The lowest BCUT2D eigenvalue weighted by atomic mass is 9.92. The van der Waals surface area contributed by atoms with E-state index in [9.17, 15) is 10.1 Å². The second-order valence-corrected chi connectivity index (χ2v) is 5.84. The Kier molecular flexibility index (Phi) is 4.82. The Balaban J connectivity index is 2.37. The van der Waals surface area contributed by atoms with Crippen LogP contribution in [-0.2, 0) is 0 Å². The van der Waals surface area contributed by atoms with Gasteiger partial charge < -0.3 is 0 Å². The summed E-state index contributed by atoms with van der Waals surface area (Å²) in [6.07, 6.45) is 0. The fourth-order valence-corrected chi connectivity index (χ4v) is 2.33. The highest BCUT2D eigenvalue weighted by atomic mass is 79.9. The van der Waals surface area contributed by atoms with Crippen LogP contribution in [0.5, 0.6) is 0 Å². The van der Waals surface area contributed by atoms with Crippen molar-refractivity contribution in [2.45, 2.75) is 5.92 Å². The highest BCUT2D eigenvalue weighted by Gasteiger charge is 2.22. The minimum absolute atomic E-state index is 0.265. The Morgan fingerprint density at radius 2 is 1.75 bits per heavy atom. The van der Waals surface area contributed by atoms with Crippen molar-refractivity contribution >= 4 is 44.9 Å². The number of benzene rings is 2. The third kappa shape index (κ3) is 3.21. The van der Waals surface area contributed by atoms with Crippen molar-refractivity contribution in [3.63, 3.8) is 0 Å². The quantitative estimate of drug-likeness (QED) is 0.694. The van der Waals surface area contributed by atoms with Gasteiger partial charge >= 0.3 is 0 Å². The van der Waals surface area contributed by atoms with E-state index < -0.39 is 5.92 Å². The number of rotatable bonds is 3. The second kappa shape index (κ2) is 6.41. The molecule has 1 atom stereocenters. The maximum absolute atomic E-state index is 12.4. The fraction of sp³-hybridized carbons (Fsp3) is 0.0667. The molecule has 0 fully saturated rings. The van der Waals surface area contributed by atoms with Crippen LogP contribution in [0.2, 0.25) is 10.0 Å². The van der Waals surface area contributed by atoms with Gasteiger partial charge in [0.05, 0.1) is 16.1 Å². The zero-order chi connectivity index (χ0) is 14.7. The number of hydrogen-bond donors (Lipinski definition) is 0. The van der Waals surface area contributed by atoms with Gasteiger partial charge in [-0.05, 0) is 29.8 Å². The molecule has 0 aliphatic heterocycles. The molecular weight excluding hydrogens is 361 g/mol. The Morgan fingerprint density at radius 3 is 2.30 bits per heavy atom. The van der Waals surface area contributed by atoms with Crippen LogP contribution >= 0.6 is 39.1 Å². The van der Waals surface area contributed by atoms with Crippen LogP contribution in [0.15, 0.2) is 46.9 Å². The van der Waals surface area contributed by atoms with Crippen LogP contribution in [-0.4, -0.2) is 5.78 Å². The molecule has 100 valence electrons. The summed E-state index contributed by atoms with van der Waals surface area (Å²) >= 11 is 15.1. The summed E-state index contributed by atoms with van der Waals surface area (Å²) in [5.41, 5.74) is 1.01. The van der Waals surface area contributed by atoms with Gasteiger partial charge in [0.15, 0.2) is 5.78 Å². The van der Waals surface area contributed by atoms with Gasteiger partial charge in [0, 0.05) is 10.0 Å². The van der Waals surface area contributed by atoms with E-state index in [1.54, 1.807) is 42.5 Å². The van der Waals surface area contributed by atoms with Crippen LogP contribution in [0.4, 0.5) is 0 Å². The highest BCUT2D eigenvalue weighted by molar-refractivity contribution is 9.10. The number of nitriles is 1. The first-order valence-electron chi connectivity index (χ1n) is 5.67. The first kappa shape index (κ1) is 15.1. The fourth-order valence-electron chi connectivity index (χ4n) is 1.76. The van der Waals surface area contributed by atoms with Gasteiger partial charge in [0.2, 0.25) is 0 Å². The molecule has 0 amide bonds. The van der Waals surface area contributed by atoms with E-state index in [4.69, 9.17) is 23.2 Å². The lowest BCUT2D eigenvalue weighted by Crippen LogP contribution is -2.11. The summed E-state index contributed by atoms with van der Waals surface area (Å²) in [4.78, 5) is 12.4. The Hall–Kier alpha value is -1.34. The van der Waals surface area contributed by atoms with Gasteiger partial charge in [-0.15, -0.1) is 0 Å². The van der Waals surface area contributed by atoms with Gasteiger partial charge in [-0.3, -0.25) is 4.79 Å². The van der Waals surface area contributed by atoms with Crippen molar-refractivity contribution in [1.82, 2.24) is 0 Å². The molecule has 2 rings (SSSR count). The van der Waals surface area contributed by atoms with Crippen molar-refractivity contribution in [3.05, 3.63) is 68.1 Å². The molecule has 0 saturated carbocycles. The maximum atomic E-state index is 12.4. The molecule has 0 saturated heterocycles. The summed E-state index contributed by atoms with van der Waals surface area (Å²) in [6.45, 7) is 0. The number of carbonyl (C=O) groups excluding carboxylic acids is 1. The third-order valence-corrected chi connectivity index (χ3v) is 4.06. The predicted octanol–water partition coefficient (Wildman–Crippen LogP) is 5.25. The minimum Gasteiger partial charge on any atom is -0.292 e. The van der Waals surface area contributed by atoms with E-state index in [0.29, 0.717) is 21.2 Å². The number of halogens is 3. The minimum atomic E-state index is -0.897. The van der Waals surface area contributed by atoms with Gasteiger partial charge in [-0.2, -0.15) is 5.26 Å². The number of carbonyl (C=O) groups is 1. The van der Waals surface area contributed by atoms with E-state index in [-0.39, 0.29) is 5.78 Å². The molecule has 2 nitrogen and oxygen atoms in total. The predicted molar refractivity (Wildman–Crippen MR) is 83.3 cm³/mol. The molecule has 0 aliphatic carbocycles. The van der Waals surface area contributed by atoms with E-state index in [2.05, 4.69) is 15.9 Å². The van der Waals surface area contributed by atoms with Crippen molar-refractivity contribution in [2.75, 3.05) is 0 Å². The van der Waals surface area contributed by atoms with Crippen LogP contribution < -0.4 is 0 Å². The molecule has 20 heavy (non-hydrogen) atoms. The molecule has 5 heteroatoms. The summed E-state index contributed by atoms with van der Waals surface area (Å²) in [7, 11) is 0. The first-order valence-corrected chi connectivity index (χ1v) is 7.22. The van der Waals surface area contributed by atoms with E-state index >= 15 is 0 Å². The molecule has 0 aromatic heterocycles. The molecule has 0 N–H and O–H groups in total. The van der Waals surface area contributed by atoms with Crippen LogP contribution in [0, 0.1) is 11.3 Å². The zero-order valence-corrected chi connectivity index (χ0v) is 13.2. The summed E-state index contributed by atoms with van der Waals surface area (Å²) in [6, 6.07) is 13.7. The van der Waals surface area contributed by atoms with Gasteiger partial charge in [0.25, 0.3) is 0 Å². The SMILES string of the molecule is N#CC(C(=O)c1ccc(Br)cc1)c1ccc(Cl)c(Cl)c1. The molecule has 0 radical (unpaired) electrons. The second-order valence-electron chi connectivity index (χ2n) is 4.11. The molecule has 0 bridgehead atoms. The average Bonchev–Trinajstić information content (AvgIpc) is 2.44. The summed E-state index contributed by atoms with van der Waals surface area (Å²) < 4.78 is 0.872. The number of hydrogen-bond acceptors (Lipinski definition) is 2. The number of Topliss-reactive ketones (excluding diaryl/α,β-unsaturated/α-hetero) is 1. The molecule has 1 unspecified atom stereocenters. The zero-order valence-electron chi connectivity index (χ0n) is 10.1. The summed E-state index contributed by atoms with van der Waals surface area (Å²) in [5, 5.41) is 9.99. The smallest absolute Gasteiger partial charge is 0.184 e. The Bertz CT molecular complexity index is 692. The topological polar surface area (TPSA) is 40.9 Å². The number of nitrogens with zero attached hydrogens (tertiary/aromatic N) is 1. The lowest BCUT2D eigenvalue weighted by Gasteiger charge is -2.09. The largest absolute Gasteiger partial charge is 0.292 e. The molecule has 0 heterocycles. The first-order chi connectivity index (χ1) is 9.52. The van der Waals surface area contributed by atoms with Crippen molar-refractivity contribution in [1.29, 1.82) is 5.26 Å². The lowest BCUT2D eigenvalue weighted by molar-refractivity contribution is 0.0979. The molecule has 0 spiro atoms. The monoisotopic (exact) mass is 367 g/mol. The van der Waals surface area contributed by atoms with Crippen molar-refractivity contribution in [2.24, 2.45) is 0 Å². The van der Waals surface area contributed by atoms with E-state index in [1.165, 1.54) is 0 Å². The van der Waals surface area contributed by atoms with Gasteiger partial charge in [-0.25, -0.2) is 0 Å². The van der Waals surface area contributed by atoms with Crippen LogP contribution in [0.3, 0.4) is 0 Å². The molecule has 0 aliphatic rings. The average molecular weight is 369 g/mol. The van der Waals surface area contributed by atoms with Gasteiger partial charge in [-0.1, -0.05) is 57.3 Å². The van der Waals surface area contributed by atoms with Crippen molar-refractivity contribution in [3.8, 4) is 6.07 Å². The highest BCUT2D eigenvalue weighted by Crippen LogP contribution is 2.28. The number of ketones is 1. The normalized spacial score (nSPS) is 11.7. The Labute approximate surface area is 135 Å². The summed E-state index contributed by atoms with van der Waals surface area (Å²) in [5.74, 6) is -1.16. The van der Waals surface area contributed by atoms with E-state index in [0.717, 1.165) is 4.47 Å². The van der Waals surface area contributed by atoms with Crippen LogP contribution in [0.25, 0.3) is 0 Å². The maximum Gasteiger partial charge on any atom is 0.184 e. The standard InChI is InChI=1S/C15H8BrCl2NO/c16-11-4-1-9(2-5-11)15(20)12(8-19)10-3-6-13(17)14(18)7-10/h1-7,12H. The molecule has 2 aromatic carbocycles. The third-order valence-electron chi connectivity index (χ3n) is 2.80. The van der Waals surface area contributed by atoms with Gasteiger partial charge in [0.1, 0.15) is 5.92 Å². The Morgan fingerprint density at radius 1 is 1.10 bits per heavy atom. The molecular formula is C15H8BrCl2NO. The molecule has 2 aromatic rings. The van der Waals surface area contributed by atoms with E-state index in [1.807, 2.05) is 6.07 Å².